The minimum atomic E-state index is -0.739. The van der Waals surface area contributed by atoms with Crippen LogP contribution in [0, 0.1) is 0 Å². The number of likely N-dealkylation sites (N-methyl/N-ethyl adjacent to an activating group) is 1. The van der Waals surface area contributed by atoms with Crippen molar-refractivity contribution in [3.05, 3.63) is 0 Å². The predicted molar refractivity (Wildman–Crippen MR) is 61.9 cm³/mol. The van der Waals surface area contributed by atoms with Crippen LogP contribution in [0.15, 0.2) is 0 Å². The van der Waals surface area contributed by atoms with Crippen molar-refractivity contribution in [2.75, 3.05) is 12.3 Å². The average molecular weight is 219 g/mol. The molecule has 3 nitrogen and oxygen atoms in total. The number of aliphatic carboxylic acids is 1. The van der Waals surface area contributed by atoms with Crippen LogP contribution in [0.1, 0.15) is 33.6 Å². The molecule has 2 atom stereocenters. The van der Waals surface area contributed by atoms with E-state index in [-0.39, 0.29) is 6.04 Å². The van der Waals surface area contributed by atoms with Gasteiger partial charge in [0.25, 0.3) is 0 Å². The third-order valence-electron chi connectivity index (χ3n) is 2.13. The first-order valence-electron chi connectivity index (χ1n) is 5.19. The van der Waals surface area contributed by atoms with Crippen molar-refractivity contribution in [1.29, 1.82) is 0 Å². The minimum absolute atomic E-state index is 0.378. The SMILES string of the molecule is CCNC(CCSC(C)CC)C(=O)O. The van der Waals surface area contributed by atoms with Gasteiger partial charge in [0.2, 0.25) is 0 Å². The lowest BCUT2D eigenvalue weighted by molar-refractivity contribution is -0.139. The van der Waals surface area contributed by atoms with Crippen LogP contribution in [-0.4, -0.2) is 34.7 Å². The van der Waals surface area contributed by atoms with Gasteiger partial charge in [0.15, 0.2) is 0 Å². The monoisotopic (exact) mass is 219 g/mol. The number of carboxylic acids is 1. The second-order valence-corrected chi connectivity index (χ2v) is 4.87. The summed E-state index contributed by atoms with van der Waals surface area (Å²) in [6.07, 6.45) is 1.85. The summed E-state index contributed by atoms with van der Waals surface area (Å²) >= 11 is 1.84. The number of nitrogens with one attached hydrogen (secondary N) is 1. The van der Waals surface area contributed by atoms with Crippen molar-refractivity contribution in [3.8, 4) is 0 Å². The molecule has 0 aliphatic carbocycles. The van der Waals surface area contributed by atoms with E-state index in [1.54, 1.807) is 0 Å². The standard InChI is InChI=1S/C10H21NO2S/c1-4-8(3)14-7-6-9(10(12)13)11-5-2/h8-9,11H,4-7H2,1-3H3,(H,12,13). The first-order chi connectivity index (χ1) is 6.61. The van der Waals surface area contributed by atoms with Crippen LogP contribution in [0.3, 0.4) is 0 Å². The van der Waals surface area contributed by atoms with Gasteiger partial charge in [0.1, 0.15) is 6.04 Å². The maximum absolute atomic E-state index is 10.8. The maximum atomic E-state index is 10.8. The van der Waals surface area contributed by atoms with Crippen LogP contribution in [-0.2, 0) is 4.79 Å². The highest BCUT2D eigenvalue weighted by Crippen LogP contribution is 2.15. The minimum Gasteiger partial charge on any atom is -0.480 e. The third-order valence-corrected chi connectivity index (χ3v) is 3.51. The molecule has 0 saturated heterocycles. The van der Waals surface area contributed by atoms with Crippen LogP contribution in [0.2, 0.25) is 0 Å². The second kappa shape index (κ2) is 8.12. The Hall–Kier alpha value is -0.220. The Kier molecular flexibility index (Phi) is 7.99. The number of thioether (sulfide) groups is 1. The van der Waals surface area contributed by atoms with Gasteiger partial charge >= 0.3 is 5.97 Å². The molecule has 0 amide bonds. The lowest BCUT2D eigenvalue weighted by Crippen LogP contribution is -2.37. The van der Waals surface area contributed by atoms with E-state index in [0.717, 1.165) is 12.2 Å². The van der Waals surface area contributed by atoms with Crippen LogP contribution >= 0.6 is 11.8 Å². The number of hydrogen-bond acceptors (Lipinski definition) is 3. The van der Waals surface area contributed by atoms with Crippen LogP contribution < -0.4 is 5.32 Å². The summed E-state index contributed by atoms with van der Waals surface area (Å²) in [4.78, 5) is 10.8. The van der Waals surface area contributed by atoms with E-state index in [4.69, 9.17) is 5.11 Å². The Morgan fingerprint density at radius 3 is 2.57 bits per heavy atom. The highest BCUT2D eigenvalue weighted by molar-refractivity contribution is 7.99. The second-order valence-electron chi connectivity index (χ2n) is 3.33. The molecule has 0 aromatic rings. The molecule has 14 heavy (non-hydrogen) atoms. The summed E-state index contributed by atoms with van der Waals surface area (Å²) in [5.74, 6) is 0.176. The summed E-state index contributed by atoms with van der Waals surface area (Å²) in [7, 11) is 0. The van der Waals surface area contributed by atoms with Crippen molar-refractivity contribution in [1.82, 2.24) is 5.32 Å². The lowest BCUT2D eigenvalue weighted by atomic mass is 10.2. The van der Waals surface area contributed by atoms with Gasteiger partial charge in [0, 0.05) is 5.25 Å². The Morgan fingerprint density at radius 2 is 2.14 bits per heavy atom. The smallest absolute Gasteiger partial charge is 0.320 e. The van der Waals surface area contributed by atoms with Gasteiger partial charge in [-0.2, -0.15) is 11.8 Å². The molecule has 0 aliphatic rings. The fourth-order valence-corrected chi connectivity index (χ4v) is 2.07. The highest BCUT2D eigenvalue weighted by Gasteiger charge is 2.15. The van der Waals surface area contributed by atoms with Gasteiger partial charge in [-0.25, -0.2) is 0 Å². The van der Waals surface area contributed by atoms with E-state index >= 15 is 0 Å². The van der Waals surface area contributed by atoms with Crippen molar-refractivity contribution in [3.63, 3.8) is 0 Å². The summed E-state index contributed by atoms with van der Waals surface area (Å²) in [6, 6.07) is -0.378. The van der Waals surface area contributed by atoms with Crippen LogP contribution in [0.4, 0.5) is 0 Å². The van der Waals surface area contributed by atoms with E-state index in [2.05, 4.69) is 19.2 Å². The number of carboxylic acid groups (broad SMARTS) is 1. The molecule has 0 bridgehead atoms. The van der Waals surface area contributed by atoms with Crippen molar-refractivity contribution in [2.45, 2.75) is 44.9 Å². The Balaban J connectivity index is 3.66. The number of rotatable bonds is 8. The molecule has 0 rings (SSSR count). The van der Waals surface area contributed by atoms with E-state index in [1.807, 2.05) is 18.7 Å². The zero-order valence-corrected chi connectivity index (χ0v) is 10.1. The van der Waals surface area contributed by atoms with Crippen molar-refractivity contribution < 1.29 is 9.90 Å². The molecule has 0 aliphatic heterocycles. The number of hydrogen-bond donors (Lipinski definition) is 2. The molecule has 0 aromatic carbocycles. The largest absolute Gasteiger partial charge is 0.480 e. The molecule has 0 fully saturated rings. The Morgan fingerprint density at radius 1 is 1.50 bits per heavy atom. The average Bonchev–Trinajstić information content (AvgIpc) is 2.16. The van der Waals surface area contributed by atoms with E-state index in [9.17, 15) is 4.79 Å². The van der Waals surface area contributed by atoms with Gasteiger partial charge < -0.3 is 10.4 Å². The predicted octanol–water partition coefficient (Wildman–Crippen LogP) is 1.97. The quantitative estimate of drug-likeness (QED) is 0.655. The topological polar surface area (TPSA) is 49.3 Å². The van der Waals surface area contributed by atoms with Crippen LogP contribution in [0.5, 0.6) is 0 Å². The number of carbonyl (C=O) groups is 1. The lowest BCUT2D eigenvalue weighted by Gasteiger charge is -2.14. The fraction of sp³-hybridized carbons (Fsp3) is 0.900. The Bertz CT molecular complexity index is 164. The molecule has 0 saturated carbocycles. The zero-order chi connectivity index (χ0) is 11.0. The van der Waals surface area contributed by atoms with Gasteiger partial charge in [-0.15, -0.1) is 0 Å². The summed E-state index contributed by atoms with van der Waals surface area (Å²) < 4.78 is 0. The first-order valence-corrected chi connectivity index (χ1v) is 6.24. The maximum Gasteiger partial charge on any atom is 0.320 e. The van der Waals surface area contributed by atoms with Gasteiger partial charge in [-0.1, -0.05) is 20.8 Å². The molecule has 0 radical (unpaired) electrons. The van der Waals surface area contributed by atoms with Gasteiger partial charge in [0.05, 0.1) is 0 Å². The van der Waals surface area contributed by atoms with Gasteiger partial charge in [-0.05, 0) is 25.1 Å². The molecule has 4 heteroatoms. The molecule has 0 heterocycles. The summed E-state index contributed by atoms with van der Waals surface area (Å²) in [5.41, 5.74) is 0. The molecule has 0 spiro atoms. The highest BCUT2D eigenvalue weighted by atomic mass is 32.2. The van der Waals surface area contributed by atoms with E-state index < -0.39 is 5.97 Å². The fourth-order valence-electron chi connectivity index (χ4n) is 1.06. The van der Waals surface area contributed by atoms with Crippen molar-refractivity contribution in [2.24, 2.45) is 0 Å². The van der Waals surface area contributed by atoms with Crippen molar-refractivity contribution >= 4 is 17.7 Å². The molecule has 0 aromatic heterocycles. The third kappa shape index (κ3) is 6.27. The summed E-state index contributed by atoms with van der Waals surface area (Å²) in [6.45, 7) is 6.97. The van der Waals surface area contributed by atoms with Crippen LogP contribution in [0.25, 0.3) is 0 Å². The Labute approximate surface area is 90.7 Å². The zero-order valence-electron chi connectivity index (χ0n) is 9.25. The van der Waals surface area contributed by atoms with E-state index in [0.29, 0.717) is 18.2 Å². The van der Waals surface area contributed by atoms with Gasteiger partial charge in [-0.3, -0.25) is 4.79 Å². The molecular weight excluding hydrogens is 198 g/mol. The molecular formula is C10H21NO2S. The summed E-state index contributed by atoms with van der Waals surface area (Å²) in [5, 5.41) is 12.4. The van der Waals surface area contributed by atoms with E-state index in [1.165, 1.54) is 0 Å². The molecule has 2 N–H and O–H groups in total. The first kappa shape index (κ1) is 13.8. The molecule has 84 valence electrons. The molecule has 2 unspecified atom stereocenters. The normalized spacial score (nSPS) is 15.1.